The van der Waals surface area contributed by atoms with Crippen molar-refractivity contribution in [3.05, 3.63) is 29.8 Å². The molecule has 1 atom stereocenters. The second kappa shape index (κ2) is 5.55. The van der Waals surface area contributed by atoms with Gasteiger partial charge in [0.05, 0.1) is 6.10 Å². The Bertz CT molecular complexity index is 548. The second-order valence-corrected chi connectivity index (χ2v) is 4.37. The van der Waals surface area contributed by atoms with Crippen LogP contribution in [0.4, 0.5) is 5.69 Å². The molecule has 0 spiro atoms. The van der Waals surface area contributed by atoms with Gasteiger partial charge in [0, 0.05) is 24.3 Å². The number of hydrogen-bond donors (Lipinski definition) is 2. The van der Waals surface area contributed by atoms with Gasteiger partial charge in [0.1, 0.15) is 0 Å². The van der Waals surface area contributed by atoms with Crippen molar-refractivity contribution in [1.29, 1.82) is 0 Å². The van der Waals surface area contributed by atoms with Crippen molar-refractivity contribution in [2.45, 2.75) is 12.5 Å². The maximum Gasteiger partial charge on any atom is 0.313 e. The monoisotopic (exact) mass is 258 g/mol. The van der Waals surface area contributed by atoms with Crippen LogP contribution in [0.15, 0.2) is 24.3 Å². The predicted octanol–water partition coefficient (Wildman–Crippen LogP) is 0.200. The molecule has 1 aliphatic rings. The molecule has 2 amide bonds. The minimum Gasteiger partial charge on any atom is -0.391 e. The van der Waals surface area contributed by atoms with Crippen LogP contribution >= 0.6 is 0 Å². The van der Waals surface area contributed by atoms with Gasteiger partial charge in [-0.1, -0.05) is 12.0 Å². The van der Waals surface area contributed by atoms with Gasteiger partial charge in [-0.2, -0.15) is 0 Å². The van der Waals surface area contributed by atoms with E-state index in [4.69, 9.17) is 6.42 Å². The molecule has 98 valence electrons. The maximum atomic E-state index is 11.8. The zero-order chi connectivity index (χ0) is 13.8. The Morgan fingerprint density at radius 2 is 2.26 bits per heavy atom. The third-order valence-corrected chi connectivity index (χ3v) is 2.93. The van der Waals surface area contributed by atoms with E-state index in [9.17, 15) is 14.7 Å². The van der Waals surface area contributed by atoms with Crippen molar-refractivity contribution in [3.8, 4) is 12.3 Å². The number of hydrogen-bond acceptors (Lipinski definition) is 3. The van der Waals surface area contributed by atoms with Crippen LogP contribution in [-0.4, -0.2) is 41.0 Å². The Balaban J connectivity index is 2.00. The summed E-state index contributed by atoms with van der Waals surface area (Å²) in [6, 6.07) is 6.71. The minimum atomic E-state index is -0.719. The zero-order valence-electron chi connectivity index (χ0n) is 10.3. The number of aliphatic hydroxyl groups is 1. The van der Waals surface area contributed by atoms with Crippen molar-refractivity contribution in [3.63, 3.8) is 0 Å². The fourth-order valence-electron chi connectivity index (χ4n) is 1.94. The number of nitrogens with one attached hydrogen (secondary N) is 1. The van der Waals surface area contributed by atoms with Gasteiger partial charge in [0.15, 0.2) is 0 Å². The van der Waals surface area contributed by atoms with Crippen molar-refractivity contribution in [2.75, 3.05) is 18.4 Å². The number of amides is 2. The smallest absolute Gasteiger partial charge is 0.313 e. The van der Waals surface area contributed by atoms with E-state index in [1.165, 1.54) is 4.90 Å². The number of likely N-dealkylation sites (tertiary alicyclic amines) is 1. The van der Waals surface area contributed by atoms with Crippen LogP contribution in [-0.2, 0) is 9.59 Å². The predicted molar refractivity (Wildman–Crippen MR) is 70.2 cm³/mol. The van der Waals surface area contributed by atoms with E-state index in [0.29, 0.717) is 24.2 Å². The molecular weight excluding hydrogens is 244 g/mol. The quantitative estimate of drug-likeness (QED) is 0.558. The van der Waals surface area contributed by atoms with E-state index in [0.717, 1.165) is 0 Å². The SMILES string of the molecule is C#Cc1cccc(NC(=O)C(=O)N2CC[C@@H](O)C2)c1. The molecule has 2 rings (SSSR count). The summed E-state index contributed by atoms with van der Waals surface area (Å²) in [6.45, 7) is 0.606. The molecule has 0 aromatic heterocycles. The van der Waals surface area contributed by atoms with E-state index in [1.807, 2.05) is 0 Å². The summed E-state index contributed by atoms with van der Waals surface area (Å²) < 4.78 is 0. The number of anilines is 1. The topological polar surface area (TPSA) is 69.6 Å². The van der Waals surface area contributed by atoms with E-state index in [2.05, 4.69) is 11.2 Å². The third-order valence-electron chi connectivity index (χ3n) is 2.93. The molecule has 0 aliphatic carbocycles. The van der Waals surface area contributed by atoms with Crippen molar-refractivity contribution >= 4 is 17.5 Å². The minimum absolute atomic E-state index is 0.205. The van der Waals surface area contributed by atoms with Crippen LogP contribution in [0.5, 0.6) is 0 Å². The van der Waals surface area contributed by atoms with Crippen molar-refractivity contribution in [2.24, 2.45) is 0 Å². The lowest BCUT2D eigenvalue weighted by Crippen LogP contribution is -2.38. The molecule has 1 fully saturated rings. The molecule has 5 nitrogen and oxygen atoms in total. The van der Waals surface area contributed by atoms with Gasteiger partial charge in [-0.05, 0) is 24.6 Å². The Labute approximate surface area is 111 Å². The van der Waals surface area contributed by atoms with E-state index in [-0.39, 0.29) is 6.54 Å². The fraction of sp³-hybridized carbons (Fsp3) is 0.286. The average Bonchev–Trinajstić information content (AvgIpc) is 2.84. The highest BCUT2D eigenvalue weighted by molar-refractivity contribution is 6.39. The van der Waals surface area contributed by atoms with Gasteiger partial charge in [-0.15, -0.1) is 6.42 Å². The first kappa shape index (κ1) is 13.1. The summed E-state index contributed by atoms with van der Waals surface area (Å²) in [5.41, 5.74) is 1.11. The van der Waals surface area contributed by atoms with Gasteiger partial charge in [0.25, 0.3) is 0 Å². The number of terminal acetylenes is 1. The number of β-amino-alcohol motifs (C(OH)–C–C–N with tert-alkyl or cyclic N) is 1. The molecule has 1 heterocycles. The van der Waals surface area contributed by atoms with Crippen molar-refractivity contribution < 1.29 is 14.7 Å². The van der Waals surface area contributed by atoms with E-state index >= 15 is 0 Å². The Hall–Kier alpha value is -2.32. The lowest BCUT2D eigenvalue weighted by Gasteiger charge is -2.14. The molecule has 1 aromatic carbocycles. The van der Waals surface area contributed by atoms with Crippen LogP contribution < -0.4 is 5.32 Å². The maximum absolute atomic E-state index is 11.8. The summed E-state index contributed by atoms with van der Waals surface area (Å²) in [5, 5.41) is 11.8. The van der Waals surface area contributed by atoms with E-state index < -0.39 is 17.9 Å². The summed E-state index contributed by atoms with van der Waals surface area (Å²) >= 11 is 0. The van der Waals surface area contributed by atoms with Gasteiger partial charge < -0.3 is 15.3 Å². The summed E-state index contributed by atoms with van der Waals surface area (Å²) in [4.78, 5) is 24.9. The molecule has 2 N–H and O–H groups in total. The van der Waals surface area contributed by atoms with Crippen LogP contribution in [0.1, 0.15) is 12.0 Å². The molecule has 0 bridgehead atoms. The molecule has 19 heavy (non-hydrogen) atoms. The molecule has 0 unspecified atom stereocenters. The molecule has 1 aliphatic heterocycles. The van der Waals surface area contributed by atoms with Crippen LogP contribution in [0.2, 0.25) is 0 Å². The number of benzene rings is 1. The first-order chi connectivity index (χ1) is 9.10. The Kier molecular flexibility index (Phi) is 3.83. The second-order valence-electron chi connectivity index (χ2n) is 4.37. The van der Waals surface area contributed by atoms with Gasteiger partial charge in [-0.3, -0.25) is 9.59 Å². The van der Waals surface area contributed by atoms with Gasteiger partial charge >= 0.3 is 11.8 Å². The first-order valence-corrected chi connectivity index (χ1v) is 5.95. The molecule has 1 saturated heterocycles. The lowest BCUT2D eigenvalue weighted by molar-refractivity contribution is -0.142. The highest BCUT2D eigenvalue weighted by Gasteiger charge is 2.28. The zero-order valence-corrected chi connectivity index (χ0v) is 10.3. The Morgan fingerprint density at radius 3 is 2.89 bits per heavy atom. The van der Waals surface area contributed by atoms with E-state index in [1.54, 1.807) is 24.3 Å². The third kappa shape index (κ3) is 3.12. The largest absolute Gasteiger partial charge is 0.391 e. The van der Waals surface area contributed by atoms with Gasteiger partial charge in [0.2, 0.25) is 0 Å². The molecule has 0 saturated carbocycles. The standard InChI is InChI=1S/C14H14N2O3/c1-2-10-4-3-5-11(8-10)15-13(18)14(19)16-7-6-12(17)9-16/h1,3-5,8,12,17H,6-7,9H2,(H,15,18)/t12-/m1/s1. The molecular formula is C14H14N2O3. The number of carbonyl (C=O) groups is 2. The molecule has 0 radical (unpaired) electrons. The van der Waals surface area contributed by atoms with Crippen LogP contribution in [0, 0.1) is 12.3 Å². The molecule has 1 aromatic rings. The normalized spacial score (nSPS) is 17.9. The number of aliphatic hydroxyl groups excluding tert-OH is 1. The average molecular weight is 258 g/mol. The highest BCUT2D eigenvalue weighted by Crippen LogP contribution is 2.12. The lowest BCUT2D eigenvalue weighted by atomic mass is 10.2. The first-order valence-electron chi connectivity index (χ1n) is 5.95. The van der Waals surface area contributed by atoms with Crippen molar-refractivity contribution in [1.82, 2.24) is 4.90 Å². The van der Waals surface area contributed by atoms with Crippen LogP contribution in [0.3, 0.4) is 0 Å². The highest BCUT2D eigenvalue weighted by atomic mass is 16.3. The Morgan fingerprint density at radius 1 is 1.47 bits per heavy atom. The number of nitrogens with zero attached hydrogens (tertiary/aromatic N) is 1. The van der Waals surface area contributed by atoms with Crippen LogP contribution in [0.25, 0.3) is 0 Å². The summed E-state index contributed by atoms with van der Waals surface area (Å²) in [7, 11) is 0. The number of carbonyl (C=O) groups excluding carboxylic acids is 2. The number of rotatable bonds is 1. The molecule has 5 heteroatoms. The van der Waals surface area contributed by atoms with Gasteiger partial charge in [-0.25, -0.2) is 0 Å². The summed E-state index contributed by atoms with van der Waals surface area (Å²) in [5.74, 6) is 1.10. The fourth-order valence-corrected chi connectivity index (χ4v) is 1.94. The summed E-state index contributed by atoms with van der Waals surface area (Å²) in [6.07, 6.45) is 5.22.